The van der Waals surface area contributed by atoms with Crippen LogP contribution in [0.25, 0.3) is 0 Å². The average Bonchev–Trinajstić information content (AvgIpc) is 3.11. The molecule has 0 spiro atoms. The van der Waals surface area contributed by atoms with Crippen LogP contribution in [-0.2, 0) is 14.8 Å². The summed E-state index contributed by atoms with van der Waals surface area (Å²) in [4.78, 5) is 12.0. The van der Waals surface area contributed by atoms with E-state index in [1.54, 1.807) is 12.1 Å². The monoisotopic (exact) mass is 452 g/mol. The first-order valence-electron chi connectivity index (χ1n) is 9.08. The van der Waals surface area contributed by atoms with Crippen LogP contribution in [0.15, 0.2) is 18.2 Å². The zero-order valence-electron chi connectivity index (χ0n) is 15.4. The van der Waals surface area contributed by atoms with E-state index in [0.29, 0.717) is 28.7 Å². The number of carbonyl (C=O) groups is 1. The van der Waals surface area contributed by atoms with Crippen LogP contribution in [0.5, 0.6) is 0 Å². The number of rotatable bonds is 10. The summed E-state index contributed by atoms with van der Waals surface area (Å²) in [6, 6.07) is 4.69. The third-order valence-electron chi connectivity index (χ3n) is 4.44. The zero-order valence-corrected chi connectivity index (χ0v) is 18.6. The highest BCUT2D eigenvalue weighted by atomic mass is 35.5. The molecule has 1 N–H and O–H groups in total. The van der Waals surface area contributed by atoms with Crippen molar-refractivity contribution in [3.8, 4) is 0 Å². The first kappa shape index (κ1) is 22.7. The number of halogens is 2. The SMILES string of the molecule is CS(=O)(=O)N(CCCC(=O)NCCSC1CCCC1)c1ccc(Cl)c(Cl)c1. The third kappa shape index (κ3) is 7.72. The first-order valence-corrected chi connectivity index (χ1v) is 12.7. The third-order valence-corrected chi connectivity index (χ3v) is 7.75. The van der Waals surface area contributed by atoms with Gasteiger partial charge in [0.2, 0.25) is 15.9 Å². The minimum atomic E-state index is -3.48. The van der Waals surface area contributed by atoms with Crippen LogP contribution < -0.4 is 9.62 Å². The van der Waals surface area contributed by atoms with E-state index >= 15 is 0 Å². The quantitative estimate of drug-likeness (QED) is 0.536. The maximum Gasteiger partial charge on any atom is 0.232 e. The Morgan fingerprint density at radius 3 is 2.59 bits per heavy atom. The molecule has 1 amide bonds. The topological polar surface area (TPSA) is 66.5 Å². The molecule has 0 aliphatic heterocycles. The summed E-state index contributed by atoms with van der Waals surface area (Å²) in [6.07, 6.45) is 7.05. The van der Waals surface area contributed by atoms with Crippen molar-refractivity contribution >= 4 is 56.6 Å². The lowest BCUT2D eigenvalue weighted by Crippen LogP contribution is -2.32. The van der Waals surface area contributed by atoms with Gasteiger partial charge in [-0.1, -0.05) is 36.0 Å². The number of nitrogens with zero attached hydrogens (tertiary/aromatic N) is 1. The Morgan fingerprint density at radius 1 is 1.26 bits per heavy atom. The smallest absolute Gasteiger partial charge is 0.232 e. The molecule has 2 rings (SSSR count). The summed E-state index contributed by atoms with van der Waals surface area (Å²) in [5, 5.41) is 4.31. The number of benzene rings is 1. The number of carbonyl (C=O) groups excluding carboxylic acids is 1. The summed E-state index contributed by atoms with van der Waals surface area (Å²) in [5.74, 6) is 0.874. The lowest BCUT2D eigenvalue weighted by Gasteiger charge is -2.22. The number of nitrogens with one attached hydrogen (secondary N) is 1. The molecule has 0 unspecified atom stereocenters. The molecule has 1 aliphatic rings. The second kappa shape index (κ2) is 10.8. The van der Waals surface area contributed by atoms with E-state index in [1.165, 1.54) is 36.1 Å². The van der Waals surface area contributed by atoms with Gasteiger partial charge in [-0.05, 0) is 37.5 Å². The van der Waals surface area contributed by atoms with E-state index in [9.17, 15) is 13.2 Å². The van der Waals surface area contributed by atoms with Crippen LogP contribution in [0.2, 0.25) is 10.0 Å². The molecule has 1 saturated carbocycles. The van der Waals surface area contributed by atoms with Crippen LogP contribution >= 0.6 is 35.0 Å². The maximum atomic E-state index is 12.1. The predicted molar refractivity (Wildman–Crippen MR) is 116 cm³/mol. The Bertz CT molecular complexity index is 738. The zero-order chi connectivity index (χ0) is 19.9. The number of sulfonamides is 1. The van der Waals surface area contributed by atoms with E-state index in [-0.39, 0.29) is 18.9 Å². The predicted octanol–water partition coefficient (Wildman–Crippen LogP) is 4.33. The number of anilines is 1. The molecule has 0 bridgehead atoms. The van der Waals surface area contributed by atoms with Gasteiger partial charge in [-0.15, -0.1) is 0 Å². The lowest BCUT2D eigenvalue weighted by atomic mass is 10.2. The van der Waals surface area contributed by atoms with Gasteiger partial charge in [0.1, 0.15) is 0 Å². The molecule has 0 radical (unpaired) electrons. The number of thioether (sulfide) groups is 1. The first-order chi connectivity index (χ1) is 12.8. The molecule has 0 aromatic heterocycles. The van der Waals surface area contributed by atoms with Crippen molar-refractivity contribution in [1.29, 1.82) is 0 Å². The van der Waals surface area contributed by atoms with E-state index in [4.69, 9.17) is 23.2 Å². The molecule has 27 heavy (non-hydrogen) atoms. The van der Waals surface area contributed by atoms with Crippen LogP contribution in [0.3, 0.4) is 0 Å². The Hall–Kier alpha value is -0.630. The fourth-order valence-electron chi connectivity index (χ4n) is 3.07. The standard InChI is InChI=1S/C18H26Cl2N2O3S2/c1-27(24,25)22(14-8-9-16(19)17(20)13-14)11-4-7-18(23)21-10-12-26-15-5-2-3-6-15/h8-9,13,15H,2-7,10-12H2,1H3,(H,21,23). The van der Waals surface area contributed by atoms with Crippen molar-refractivity contribution in [1.82, 2.24) is 5.32 Å². The van der Waals surface area contributed by atoms with Crippen molar-refractivity contribution in [3.05, 3.63) is 28.2 Å². The second-order valence-corrected chi connectivity index (χ2v) is 10.8. The summed E-state index contributed by atoms with van der Waals surface area (Å²) in [5.41, 5.74) is 0.445. The van der Waals surface area contributed by atoms with E-state index < -0.39 is 10.0 Å². The summed E-state index contributed by atoms with van der Waals surface area (Å²) in [6.45, 7) is 0.865. The lowest BCUT2D eigenvalue weighted by molar-refractivity contribution is -0.121. The van der Waals surface area contributed by atoms with Crippen molar-refractivity contribution in [2.45, 2.75) is 43.8 Å². The minimum absolute atomic E-state index is 0.0513. The molecule has 1 fully saturated rings. The Balaban J connectivity index is 1.76. The minimum Gasteiger partial charge on any atom is -0.355 e. The Morgan fingerprint density at radius 2 is 1.96 bits per heavy atom. The molecule has 0 atom stereocenters. The fraction of sp³-hybridized carbons (Fsp3) is 0.611. The summed E-state index contributed by atoms with van der Waals surface area (Å²) in [7, 11) is -3.48. The number of hydrogen-bond donors (Lipinski definition) is 1. The molecular formula is C18H26Cl2N2O3S2. The maximum absolute atomic E-state index is 12.1. The van der Waals surface area contributed by atoms with Gasteiger partial charge in [0.05, 0.1) is 22.0 Å². The number of hydrogen-bond acceptors (Lipinski definition) is 4. The van der Waals surface area contributed by atoms with Crippen molar-refractivity contribution < 1.29 is 13.2 Å². The summed E-state index contributed by atoms with van der Waals surface area (Å²) >= 11 is 13.8. The van der Waals surface area contributed by atoms with Crippen LogP contribution in [0.1, 0.15) is 38.5 Å². The Labute approximate surface area is 176 Å². The van der Waals surface area contributed by atoms with Gasteiger partial charge in [0.25, 0.3) is 0 Å². The summed E-state index contributed by atoms with van der Waals surface area (Å²) < 4.78 is 25.4. The van der Waals surface area contributed by atoms with E-state index in [1.807, 2.05) is 11.8 Å². The van der Waals surface area contributed by atoms with Crippen molar-refractivity contribution in [3.63, 3.8) is 0 Å². The molecule has 152 valence electrons. The highest BCUT2D eigenvalue weighted by molar-refractivity contribution is 7.99. The highest BCUT2D eigenvalue weighted by Gasteiger charge is 2.19. The molecule has 0 heterocycles. The van der Waals surface area contributed by atoms with Crippen LogP contribution in [0.4, 0.5) is 5.69 Å². The van der Waals surface area contributed by atoms with Gasteiger partial charge in [-0.3, -0.25) is 9.10 Å². The molecule has 9 heteroatoms. The fourth-order valence-corrected chi connectivity index (χ4v) is 5.54. The molecule has 1 aromatic rings. The van der Waals surface area contributed by atoms with Gasteiger partial charge < -0.3 is 5.32 Å². The van der Waals surface area contributed by atoms with E-state index in [0.717, 1.165) is 17.3 Å². The van der Waals surface area contributed by atoms with Gasteiger partial charge in [-0.25, -0.2) is 8.42 Å². The average molecular weight is 453 g/mol. The molecule has 0 saturated heterocycles. The van der Waals surface area contributed by atoms with Gasteiger partial charge in [0.15, 0.2) is 0 Å². The van der Waals surface area contributed by atoms with Gasteiger partial charge >= 0.3 is 0 Å². The number of amides is 1. The van der Waals surface area contributed by atoms with Crippen molar-refractivity contribution in [2.75, 3.05) is 29.4 Å². The van der Waals surface area contributed by atoms with Crippen LogP contribution in [0, 0.1) is 0 Å². The molecule has 1 aromatic carbocycles. The molecule has 1 aliphatic carbocycles. The Kier molecular flexibility index (Phi) is 9.05. The normalized spacial score (nSPS) is 15.1. The molecule has 5 nitrogen and oxygen atoms in total. The van der Waals surface area contributed by atoms with Crippen molar-refractivity contribution in [2.24, 2.45) is 0 Å². The van der Waals surface area contributed by atoms with Crippen LogP contribution in [-0.4, -0.2) is 44.7 Å². The van der Waals surface area contributed by atoms with Gasteiger partial charge in [-0.2, -0.15) is 11.8 Å². The van der Waals surface area contributed by atoms with Gasteiger partial charge in [0, 0.05) is 30.5 Å². The molecular weight excluding hydrogens is 427 g/mol. The van der Waals surface area contributed by atoms with E-state index in [2.05, 4.69) is 5.32 Å². The highest BCUT2D eigenvalue weighted by Crippen LogP contribution is 2.29. The largest absolute Gasteiger partial charge is 0.355 e. The second-order valence-electron chi connectivity index (χ2n) is 6.66.